The van der Waals surface area contributed by atoms with E-state index in [1.54, 1.807) is 7.11 Å². The molecule has 1 spiro atoms. The van der Waals surface area contributed by atoms with E-state index in [9.17, 15) is 18.3 Å². The molecule has 0 amide bonds. The lowest BCUT2D eigenvalue weighted by atomic mass is 9.48. The summed E-state index contributed by atoms with van der Waals surface area (Å²) in [5.74, 6) is 1.48. The molecule has 33 heavy (non-hydrogen) atoms. The van der Waals surface area contributed by atoms with Gasteiger partial charge in [-0.2, -0.15) is 13.2 Å². The third-order valence-electron chi connectivity index (χ3n) is 8.80. The minimum atomic E-state index is -4.32. The Labute approximate surface area is 188 Å². The van der Waals surface area contributed by atoms with Crippen molar-refractivity contribution in [1.29, 1.82) is 0 Å². The largest absolute Gasteiger partial charge is 0.497 e. The highest BCUT2D eigenvalue weighted by Gasteiger charge is 2.74. The molecular weight excluding hydrogens is 433 g/mol. The lowest BCUT2D eigenvalue weighted by Crippen LogP contribution is -2.72. The second kappa shape index (κ2) is 6.16. The summed E-state index contributed by atoms with van der Waals surface area (Å²) in [6, 6.07) is 7.29. The molecule has 0 saturated carbocycles. The number of likely N-dealkylation sites (tertiary alicyclic amines) is 1. The van der Waals surface area contributed by atoms with Gasteiger partial charge in [0.15, 0.2) is 11.9 Å². The average molecular weight is 458 g/mol. The van der Waals surface area contributed by atoms with Crippen LogP contribution in [0.5, 0.6) is 0 Å². The fourth-order valence-corrected chi connectivity index (χ4v) is 7.62. The number of rotatable bonds is 2. The van der Waals surface area contributed by atoms with Crippen molar-refractivity contribution in [3.05, 3.63) is 58.2 Å². The van der Waals surface area contributed by atoms with Crippen LogP contribution in [0, 0.1) is 5.41 Å². The highest BCUT2D eigenvalue weighted by Crippen LogP contribution is 2.72. The van der Waals surface area contributed by atoms with Gasteiger partial charge in [-0.25, -0.2) is 0 Å². The molecule has 5 aliphatic rings. The zero-order chi connectivity index (χ0) is 22.8. The summed E-state index contributed by atoms with van der Waals surface area (Å²) < 4.78 is 52.9. The Balaban J connectivity index is 1.51. The molecule has 8 heteroatoms. The number of benzene rings is 1. The first-order chi connectivity index (χ1) is 15.8. The number of aromatic amines is 1. The van der Waals surface area contributed by atoms with E-state index >= 15 is 0 Å². The van der Waals surface area contributed by atoms with Gasteiger partial charge in [0.2, 0.25) is 0 Å². The van der Waals surface area contributed by atoms with Gasteiger partial charge in [-0.1, -0.05) is 23.8 Å². The predicted octanol–water partition coefficient (Wildman–Crippen LogP) is 4.50. The van der Waals surface area contributed by atoms with E-state index in [0.717, 1.165) is 45.5 Å². The van der Waals surface area contributed by atoms with Crippen LogP contribution in [-0.2, 0) is 15.9 Å². The third kappa shape index (κ3) is 2.31. The topological polar surface area (TPSA) is 57.7 Å². The Bertz CT molecular complexity index is 1260. The molecule has 2 fully saturated rings. The Hall–Kier alpha value is -2.45. The van der Waals surface area contributed by atoms with E-state index in [1.165, 1.54) is 4.90 Å². The molecule has 2 bridgehead atoms. The van der Waals surface area contributed by atoms with Gasteiger partial charge in [0.25, 0.3) is 0 Å². The number of halogens is 3. The summed E-state index contributed by atoms with van der Waals surface area (Å²) in [6.07, 6.45) is -2.26. The SMILES string of the molecule is COC1=C2O[C@H]3c4[nH]c5ccccc5c4C[C@@]4(O)[C@H]5CC(=C2[C@@]34CCN5CC(F)(F)F)CC1. The number of fused-ring (bicyclic) bond motifs is 4. The second-order valence-electron chi connectivity index (χ2n) is 10.1. The maximum atomic E-state index is 13.5. The van der Waals surface area contributed by atoms with Crippen molar-refractivity contribution < 1.29 is 27.8 Å². The number of hydrogen-bond donors (Lipinski definition) is 2. The Morgan fingerprint density at radius 2 is 2.09 bits per heavy atom. The average Bonchev–Trinajstić information content (AvgIpc) is 3.30. The first-order valence-electron chi connectivity index (χ1n) is 11.6. The van der Waals surface area contributed by atoms with Crippen LogP contribution in [0.3, 0.4) is 0 Å². The molecule has 2 saturated heterocycles. The lowest BCUT2D eigenvalue weighted by molar-refractivity contribution is -0.220. The van der Waals surface area contributed by atoms with Crippen molar-refractivity contribution >= 4 is 10.9 Å². The third-order valence-corrected chi connectivity index (χ3v) is 8.80. The second-order valence-corrected chi connectivity index (χ2v) is 10.1. The van der Waals surface area contributed by atoms with Crippen LogP contribution in [-0.4, -0.2) is 53.0 Å². The van der Waals surface area contributed by atoms with Gasteiger partial charge in [-0.05, 0) is 30.9 Å². The highest BCUT2D eigenvalue weighted by molar-refractivity contribution is 5.86. The van der Waals surface area contributed by atoms with Gasteiger partial charge in [-0.15, -0.1) is 0 Å². The first kappa shape index (κ1) is 20.0. The van der Waals surface area contributed by atoms with E-state index in [0.29, 0.717) is 31.4 Å². The molecule has 5 nitrogen and oxygen atoms in total. The lowest BCUT2D eigenvalue weighted by Gasteiger charge is -2.63. The van der Waals surface area contributed by atoms with Gasteiger partial charge in [-0.3, -0.25) is 4.90 Å². The highest BCUT2D eigenvalue weighted by atomic mass is 19.4. The molecule has 1 aromatic heterocycles. The van der Waals surface area contributed by atoms with Crippen molar-refractivity contribution in [3.63, 3.8) is 0 Å². The molecule has 2 aliphatic heterocycles. The van der Waals surface area contributed by atoms with E-state index in [2.05, 4.69) is 4.98 Å². The smallest absolute Gasteiger partial charge is 0.401 e. The van der Waals surface area contributed by atoms with E-state index < -0.39 is 35.9 Å². The monoisotopic (exact) mass is 458 g/mol. The van der Waals surface area contributed by atoms with Crippen molar-refractivity contribution in [3.8, 4) is 0 Å². The molecule has 3 heterocycles. The van der Waals surface area contributed by atoms with Crippen LogP contribution in [0.15, 0.2) is 46.9 Å². The summed E-state index contributed by atoms with van der Waals surface area (Å²) in [5, 5.41) is 13.5. The van der Waals surface area contributed by atoms with Crippen LogP contribution in [0.1, 0.15) is 43.0 Å². The number of nitrogens with zero attached hydrogens (tertiary/aromatic N) is 1. The number of methoxy groups -OCH3 is 1. The summed E-state index contributed by atoms with van der Waals surface area (Å²) in [6.45, 7) is -0.731. The first-order valence-corrected chi connectivity index (χ1v) is 11.6. The van der Waals surface area contributed by atoms with Crippen LogP contribution >= 0.6 is 0 Å². The number of alkyl halides is 3. The molecule has 0 radical (unpaired) electrons. The maximum Gasteiger partial charge on any atom is 0.401 e. The minimum Gasteiger partial charge on any atom is -0.497 e. The quantitative estimate of drug-likeness (QED) is 0.696. The van der Waals surface area contributed by atoms with Gasteiger partial charge >= 0.3 is 6.18 Å². The molecule has 4 atom stereocenters. The van der Waals surface area contributed by atoms with Crippen molar-refractivity contribution in [2.75, 3.05) is 20.2 Å². The van der Waals surface area contributed by atoms with Crippen molar-refractivity contribution in [1.82, 2.24) is 9.88 Å². The number of piperidine rings is 1. The number of ether oxygens (including phenoxy) is 2. The van der Waals surface area contributed by atoms with Crippen LogP contribution in [0.25, 0.3) is 10.9 Å². The van der Waals surface area contributed by atoms with Crippen LogP contribution in [0.4, 0.5) is 13.2 Å². The number of aliphatic hydroxyl groups is 1. The molecule has 174 valence electrons. The Morgan fingerprint density at radius 3 is 2.88 bits per heavy atom. The number of H-pyrrole nitrogens is 1. The van der Waals surface area contributed by atoms with Gasteiger partial charge in [0.1, 0.15) is 5.76 Å². The molecular formula is C25H25F3N2O3. The fourth-order valence-electron chi connectivity index (χ4n) is 7.62. The summed E-state index contributed by atoms with van der Waals surface area (Å²) in [4.78, 5) is 5.01. The molecule has 3 aliphatic carbocycles. The maximum absolute atomic E-state index is 13.5. The normalized spacial score (nSPS) is 34.9. The Morgan fingerprint density at radius 1 is 1.27 bits per heavy atom. The van der Waals surface area contributed by atoms with Crippen LogP contribution in [0.2, 0.25) is 0 Å². The summed E-state index contributed by atoms with van der Waals surface area (Å²) in [7, 11) is 1.63. The molecule has 2 N–H and O–H groups in total. The van der Waals surface area contributed by atoms with Gasteiger partial charge < -0.3 is 19.6 Å². The molecule has 0 unspecified atom stereocenters. The standard InChI is InChI=1S/C25H25F3N2O3/c1-32-17-7-6-13-10-18-24(31)11-15-14-4-2-3-5-16(14)29-20(15)22-23(24,19(13)21(17)33-22)8-9-30(18)12-25(26,27)28/h2-5,18,22,29,31H,6-12H2,1H3/t18-,22+,23+,24-/m1/s1. The number of allylic oxidation sites excluding steroid dienone is 2. The predicted molar refractivity (Wildman–Crippen MR) is 114 cm³/mol. The van der Waals surface area contributed by atoms with Crippen molar-refractivity contribution in [2.45, 2.75) is 56.0 Å². The summed E-state index contributed by atoms with van der Waals surface area (Å²) in [5.41, 5.74) is 2.83. The number of aromatic nitrogens is 1. The number of para-hydroxylation sites is 1. The van der Waals surface area contributed by atoms with E-state index in [1.807, 2.05) is 24.3 Å². The molecule has 2 aromatic rings. The van der Waals surface area contributed by atoms with E-state index in [-0.39, 0.29) is 6.54 Å². The fraction of sp³-hybridized carbons (Fsp3) is 0.520. The molecule has 7 rings (SSSR count). The zero-order valence-corrected chi connectivity index (χ0v) is 18.3. The molecule has 1 aromatic carbocycles. The zero-order valence-electron chi connectivity index (χ0n) is 18.3. The number of hydrogen-bond acceptors (Lipinski definition) is 4. The summed E-state index contributed by atoms with van der Waals surface area (Å²) >= 11 is 0. The number of nitrogens with one attached hydrogen (secondary N) is 1. The van der Waals surface area contributed by atoms with Gasteiger partial charge in [0, 0.05) is 41.9 Å². The van der Waals surface area contributed by atoms with Crippen LogP contribution < -0.4 is 0 Å². The van der Waals surface area contributed by atoms with Gasteiger partial charge in [0.05, 0.1) is 30.4 Å². The Kier molecular flexibility index (Phi) is 3.73. The minimum absolute atomic E-state index is 0.272. The van der Waals surface area contributed by atoms with Crippen molar-refractivity contribution in [2.24, 2.45) is 5.41 Å². The van der Waals surface area contributed by atoms with E-state index in [4.69, 9.17) is 9.47 Å².